The first-order chi connectivity index (χ1) is 22.1. The molecular formula is C36H27ClN2O5S. The van der Waals surface area contributed by atoms with Gasteiger partial charge in [0.1, 0.15) is 6.61 Å². The van der Waals surface area contributed by atoms with Crippen molar-refractivity contribution < 1.29 is 18.9 Å². The molecule has 0 fully saturated rings. The molecule has 45 heavy (non-hydrogen) atoms. The third-order valence-corrected chi connectivity index (χ3v) is 9.72. The van der Waals surface area contributed by atoms with Gasteiger partial charge in [-0.05, 0) is 77.1 Å². The third-order valence-electron chi connectivity index (χ3n) is 8.39. The van der Waals surface area contributed by atoms with Gasteiger partial charge in [0.05, 0.1) is 23.4 Å². The lowest BCUT2D eigenvalue weighted by Gasteiger charge is -2.31. The highest BCUT2D eigenvalue weighted by atomic mass is 35.5. The van der Waals surface area contributed by atoms with Crippen molar-refractivity contribution >= 4 is 34.7 Å². The molecule has 3 heterocycles. The second-order valence-corrected chi connectivity index (χ2v) is 12.4. The summed E-state index contributed by atoms with van der Waals surface area (Å²) in [5.41, 5.74) is 7.02. The number of methoxy groups -OCH3 is 1. The monoisotopic (exact) mass is 634 g/mol. The van der Waals surface area contributed by atoms with Crippen LogP contribution in [0.4, 0.5) is 0 Å². The lowest BCUT2D eigenvalue weighted by atomic mass is 9.83. The van der Waals surface area contributed by atoms with E-state index in [9.17, 15) is 4.79 Å². The van der Waals surface area contributed by atoms with Gasteiger partial charge in [0.2, 0.25) is 6.79 Å². The summed E-state index contributed by atoms with van der Waals surface area (Å²) in [4.78, 5) is 19.9. The first-order valence-corrected chi connectivity index (χ1v) is 15.8. The van der Waals surface area contributed by atoms with Gasteiger partial charge >= 0.3 is 0 Å². The Hall–Kier alpha value is -4.79. The largest absolute Gasteiger partial charge is 0.493 e. The van der Waals surface area contributed by atoms with E-state index in [2.05, 4.69) is 18.2 Å². The van der Waals surface area contributed by atoms with Crippen LogP contribution in [-0.4, -0.2) is 18.5 Å². The van der Waals surface area contributed by atoms with Crippen LogP contribution in [0.5, 0.6) is 23.0 Å². The zero-order valence-corrected chi connectivity index (χ0v) is 25.9. The van der Waals surface area contributed by atoms with Crippen LogP contribution in [0.3, 0.4) is 0 Å². The molecular weight excluding hydrogens is 608 g/mol. The van der Waals surface area contributed by atoms with Crippen LogP contribution >= 0.6 is 22.9 Å². The lowest BCUT2D eigenvalue weighted by Crippen LogP contribution is -2.38. The highest BCUT2D eigenvalue weighted by molar-refractivity contribution is 7.07. The first-order valence-electron chi connectivity index (χ1n) is 14.6. The minimum Gasteiger partial charge on any atom is -0.493 e. The van der Waals surface area contributed by atoms with Crippen LogP contribution in [0.2, 0.25) is 5.02 Å². The van der Waals surface area contributed by atoms with E-state index in [0.717, 1.165) is 52.1 Å². The molecule has 0 unspecified atom stereocenters. The second kappa shape index (κ2) is 11.3. The number of nitrogens with zero attached hydrogens (tertiary/aromatic N) is 2. The van der Waals surface area contributed by atoms with Gasteiger partial charge in [-0.25, -0.2) is 4.99 Å². The summed E-state index contributed by atoms with van der Waals surface area (Å²) in [6, 6.07) is 27.2. The molecule has 0 radical (unpaired) electrons. The Kier molecular flexibility index (Phi) is 6.96. The summed E-state index contributed by atoms with van der Waals surface area (Å²) < 4.78 is 25.0. The molecule has 0 bridgehead atoms. The fraction of sp³-hybridized carbons (Fsp3) is 0.167. The van der Waals surface area contributed by atoms with Crippen molar-refractivity contribution in [1.82, 2.24) is 4.57 Å². The predicted octanol–water partition coefficient (Wildman–Crippen LogP) is 6.29. The molecule has 0 N–H and O–H groups in total. The fourth-order valence-electron chi connectivity index (χ4n) is 6.23. The molecule has 1 atom stereocenters. The van der Waals surface area contributed by atoms with E-state index in [-0.39, 0.29) is 18.4 Å². The van der Waals surface area contributed by atoms with Crippen LogP contribution in [0.1, 0.15) is 40.3 Å². The molecule has 0 spiro atoms. The molecule has 5 aromatic rings. The molecule has 4 aromatic carbocycles. The highest BCUT2D eigenvalue weighted by Gasteiger charge is 2.33. The molecule has 1 aliphatic carbocycles. The van der Waals surface area contributed by atoms with Crippen LogP contribution in [-0.2, 0) is 13.0 Å². The Bertz CT molecular complexity index is 2200. The Labute approximate surface area is 267 Å². The topological polar surface area (TPSA) is 71.3 Å². The Morgan fingerprint density at radius 1 is 0.978 bits per heavy atom. The molecule has 7 nitrogen and oxygen atoms in total. The van der Waals surface area contributed by atoms with Crippen molar-refractivity contribution in [2.75, 3.05) is 13.9 Å². The number of fused-ring (bicyclic) bond motifs is 4. The number of hydrogen-bond donors (Lipinski definition) is 0. The normalized spacial score (nSPS) is 16.5. The van der Waals surface area contributed by atoms with Crippen molar-refractivity contribution in [3.8, 4) is 23.0 Å². The van der Waals surface area contributed by atoms with E-state index in [1.165, 1.54) is 16.9 Å². The summed E-state index contributed by atoms with van der Waals surface area (Å²) in [6.45, 7) is 0.560. The van der Waals surface area contributed by atoms with Gasteiger partial charge in [-0.1, -0.05) is 77.5 Å². The minimum atomic E-state index is -0.332. The van der Waals surface area contributed by atoms with Crippen LogP contribution in [0.15, 0.2) is 100 Å². The zero-order valence-electron chi connectivity index (χ0n) is 24.3. The average Bonchev–Trinajstić information content (AvgIpc) is 3.66. The standard InChI is InChI=1S/C36H27ClN2O5S/c1-41-30-16-21(10-14-28(30)42-19-22-11-15-29-31(17-22)44-20-43-29)18-32-35(40)39-34(25-8-4-5-9-27(25)37)26-13-12-23-6-2-3-7-24(23)33(26)38-36(39)45-32/h2-11,14-18,34H,12-13,19-20H2,1H3/t34-/m1/s1. The Morgan fingerprint density at radius 3 is 2.71 bits per heavy atom. The van der Waals surface area contributed by atoms with E-state index in [4.69, 9.17) is 35.5 Å². The Morgan fingerprint density at radius 2 is 1.82 bits per heavy atom. The SMILES string of the molecule is COc1cc(C=c2sc3n(c2=O)[C@H](c2ccccc2Cl)C2=C(N=3)c3ccccc3CC2)ccc1OCc1ccc2c(c1)OCO2. The summed E-state index contributed by atoms with van der Waals surface area (Å²) >= 11 is 8.15. The number of aromatic nitrogens is 1. The van der Waals surface area contributed by atoms with Gasteiger partial charge in [-0.15, -0.1) is 0 Å². The Balaban J connectivity index is 1.18. The van der Waals surface area contributed by atoms with E-state index in [1.54, 1.807) is 7.11 Å². The molecule has 1 aromatic heterocycles. The summed E-state index contributed by atoms with van der Waals surface area (Å²) in [5.74, 6) is 2.60. The summed E-state index contributed by atoms with van der Waals surface area (Å²) in [5, 5.41) is 0.630. The summed E-state index contributed by atoms with van der Waals surface area (Å²) in [7, 11) is 1.60. The van der Waals surface area contributed by atoms with Crippen LogP contribution < -0.4 is 33.8 Å². The van der Waals surface area contributed by atoms with Crippen molar-refractivity contribution in [3.05, 3.63) is 143 Å². The highest BCUT2D eigenvalue weighted by Crippen LogP contribution is 2.42. The number of ether oxygens (including phenoxy) is 4. The van der Waals surface area contributed by atoms with Crippen LogP contribution in [0.25, 0.3) is 11.8 Å². The van der Waals surface area contributed by atoms with Gasteiger partial charge in [-0.3, -0.25) is 9.36 Å². The van der Waals surface area contributed by atoms with Crippen molar-refractivity contribution in [1.29, 1.82) is 0 Å². The van der Waals surface area contributed by atoms with E-state index < -0.39 is 0 Å². The van der Waals surface area contributed by atoms with E-state index in [1.807, 2.05) is 77.4 Å². The maximum Gasteiger partial charge on any atom is 0.271 e. The quantitative estimate of drug-likeness (QED) is 0.220. The van der Waals surface area contributed by atoms with Crippen molar-refractivity contribution in [2.45, 2.75) is 25.5 Å². The first kappa shape index (κ1) is 27.7. The van der Waals surface area contributed by atoms with Crippen molar-refractivity contribution in [2.24, 2.45) is 4.99 Å². The molecule has 224 valence electrons. The maximum absolute atomic E-state index is 14.1. The van der Waals surface area contributed by atoms with E-state index in [0.29, 0.717) is 38.2 Å². The molecule has 8 rings (SSSR count). The van der Waals surface area contributed by atoms with Gasteiger partial charge in [0.15, 0.2) is 27.8 Å². The van der Waals surface area contributed by atoms with Gasteiger partial charge < -0.3 is 18.9 Å². The molecule has 2 aliphatic heterocycles. The molecule has 0 saturated carbocycles. The third kappa shape index (κ3) is 4.90. The number of aryl methyl sites for hydroxylation is 1. The lowest BCUT2D eigenvalue weighted by molar-refractivity contribution is 0.174. The molecule has 9 heteroatoms. The van der Waals surface area contributed by atoms with Crippen LogP contribution in [0, 0.1) is 0 Å². The smallest absolute Gasteiger partial charge is 0.271 e. The van der Waals surface area contributed by atoms with Gasteiger partial charge in [-0.2, -0.15) is 0 Å². The second-order valence-electron chi connectivity index (χ2n) is 11.0. The number of thiazole rings is 1. The minimum absolute atomic E-state index is 0.101. The number of halogens is 1. The van der Waals surface area contributed by atoms with Crippen molar-refractivity contribution in [3.63, 3.8) is 0 Å². The molecule has 3 aliphatic rings. The van der Waals surface area contributed by atoms with E-state index >= 15 is 0 Å². The fourth-order valence-corrected chi connectivity index (χ4v) is 7.47. The van der Waals surface area contributed by atoms with Gasteiger partial charge in [0, 0.05) is 10.6 Å². The molecule has 0 saturated heterocycles. The molecule has 0 amide bonds. The number of rotatable bonds is 6. The zero-order chi connectivity index (χ0) is 30.5. The number of hydrogen-bond acceptors (Lipinski definition) is 7. The average molecular weight is 635 g/mol. The summed E-state index contributed by atoms with van der Waals surface area (Å²) in [6.07, 6.45) is 3.58. The number of benzene rings is 4. The maximum atomic E-state index is 14.1. The van der Waals surface area contributed by atoms with Gasteiger partial charge in [0.25, 0.3) is 5.56 Å². The predicted molar refractivity (Wildman–Crippen MR) is 174 cm³/mol. The number of allylic oxidation sites excluding steroid dienone is 1.